The zero-order chi connectivity index (χ0) is 15.5. The molecule has 1 amide bonds. The minimum Gasteiger partial charge on any atom is -0.325 e. The lowest BCUT2D eigenvalue weighted by Gasteiger charge is -2.11. The molecule has 1 aromatic heterocycles. The Balaban J connectivity index is 0.00000192. The molecule has 1 heterocycles. The minimum absolute atomic E-state index is 0. The summed E-state index contributed by atoms with van der Waals surface area (Å²) >= 11 is 0. The van der Waals surface area contributed by atoms with Crippen molar-refractivity contribution in [3.05, 3.63) is 30.1 Å². The predicted octanol–water partition coefficient (Wildman–Crippen LogP) is 2.84. The number of carbonyl (C=O) groups is 1. The summed E-state index contributed by atoms with van der Waals surface area (Å²) in [5.41, 5.74) is 7.42. The van der Waals surface area contributed by atoms with Gasteiger partial charge in [0.25, 0.3) is 0 Å². The van der Waals surface area contributed by atoms with Gasteiger partial charge in [-0.2, -0.15) is 5.10 Å². The van der Waals surface area contributed by atoms with Crippen molar-refractivity contribution in [3.8, 4) is 11.4 Å². The molecule has 1 aromatic carbocycles. The van der Waals surface area contributed by atoms with Crippen molar-refractivity contribution < 1.29 is 4.79 Å². The van der Waals surface area contributed by atoms with Crippen molar-refractivity contribution in [1.82, 2.24) is 15.2 Å². The Labute approximate surface area is 141 Å². The van der Waals surface area contributed by atoms with Crippen molar-refractivity contribution >= 4 is 24.0 Å². The van der Waals surface area contributed by atoms with Crippen LogP contribution in [-0.4, -0.2) is 27.1 Å². The van der Waals surface area contributed by atoms with Crippen LogP contribution < -0.4 is 11.1 Å². The van der Waals surface area contributed by atoms with Gasteiger partial charge in [-0.3, -0.25) is 9.89 Å². The largest absolute Gasteiger partial charge is 0.325 e. The maximum Gasteiger partial charge on any atom is 0.241 e. The van der Waals surface area contributed by atoms with Crippen molar-refractivity contribution in [1.29, 1.82) is 0 Å². The quantitative estimate of drug-likeness (QED) is 0.756. The second-order valence-corrected chi connectivity index (χ2v) is 5.78. The van der Waals surface area contributed by atoms with E-state index in [4.69, 9.17) is 5.73 Å². The highest BCUT2D eigenvalue weighted by atomic mass is 35.5. The normalized spacial score (nSPS) is 14.9. The summed E-state index contributed by atoms with van der Waals surface area (Å²) in [5.74, 6) is 1.99. The molecule has 0 spiro atoms. The summed E-state index contributed by atoms with van der Waals surface area (Å²) in [6.45, 7) is 2.01. The van der Waals surface area contributed by atoms with Gasteiger partial charge >= 0.3 is 0 Å². The molecule has 3 rings (SSSR count). The molecule has 1 aliphatic rings. The molecular formula is C16H22ClN5O. The first-order chi connectivity index (χ1) is 10.7. The minimum atomic E-state index is -0.473. The number of anilines is 1. The Morgan fingerprint density at radius 1 is 1.48 bits per heavy atom. The summed E-state index contributed by atoms with van der Waals surface area (Å²) in [7, 11) is 0. The number of carbonyl (C=O) groups excluding carboxylic acids is 1. The summed E-state index contributed by atoms with van der Waals surface area (Å²) in [5, 5.41) is 10.1. The van der Waals surface area contributed by atoms with Gasteiger partial charge in [0.15, 0.2) is 5.82 Å². The Morgan fingerprint density at radius 2 is 2.26 bits per heavy atom. The van der Waals surface area contributed by atoms with Crippen LogP contribution in [0.4, 0.5) is 5.69 Å². The van der Waals surface area contributed by atoms with E-state index in [0.717, 1.165) is 17.8 Å². The number of halogens is 1. The molecule has 7 heteroatoms. The van der Waals surface area contributed by atoms with Crippen LogP contribution in [0.1, 0.15) is 44.3 Å². The number of hydrogen-bond donors (Lipinski definition) is 3. The zero-order valence-electron chi connectivity index (χ0n) is 13.1. The lowest BCUT2D eigenvalue weighted by atomic mass is 10.1. The number of nitrogens with zero attached hydrogens (tertiary/aromatic N) is 2. The molecule has 1 atom stereocenters. The SMILES string of the molecule is CCCC(N)C(=O)Nc1cccc(-c2n[nH]c(C3CC3)n2)c1.Cl. The summed E-state index contributed by atoms with van der Waals surface area (Å²) in [6, 6.07) is 7.05. The van der Waals surface area contributed by atoms with E-state index in [0.29, 0.717) is 23.9 Å². The molecule has 1 saturated carbocycles. The fraction of sp³-hybridized carbons (Fsp3) is 0.438. The van der Waals surface area contributed by atoms with E-state index in [1.165, 1.54) is 12.8 Å². The summed E-state index contributed by atoms with van der Waals surface area (Å²) < 4.78 is 0. The number of nitrogens with one attached hydrogen (secondary N) is 2. The first-order valence-electron chi connectivity index (χ1n) is 7.76. The van der Waals surface area contributed by atoms with Crippen LogP contribution in [0.15, 0.2) is 24.3 Å². The highest BCUT2D eigenvalue weighted by Crippen LogP contribution is 2.38. The first-order valence-corrected chi connectivity index (χ1v) is 7.76. The van der Waals surface area contributed by atoms with Gasteiger partial charge in [-0.25, -0.2) is 4.98 Å². The number of benzene rings is 1. The highest BCUT2D eigenvalue weighted by molar-refractivity contribution is 5.95. The third-order valence-corrected chi connectivity index (χ3v) is 3.79. The Hall–Kier alpha value is -1.92. The van der Waals surface area contributed by atoms with Crippen LogP contribution >= 0.6 is 12.4 Å². The number of aromatic amines is 1. The average molecular weight is 336 g/mol. The summed E-state index contributed by atoms with van der Waals surface area (Å²) in [4.78, 5) is 16.5. The zero-order valence-corrected chi connectivity index (χ0v) is 13.9. The molecule has 0 saturated heterocycles. The molecule has 1 aliphatic carbocycles. The molecule has 0 radical (unpaired) electrons. The molecule has 4 N–H and O–H groups in total. The molecular weight excluding hydrogens is 314 g/mol. The van der Waals surface area contributed by atoms with Crippen LogP contribution in [0, 0.1) is 0 Å². The molecule has 2 aromatic rings. The van der Waals surface area contributed by atoms with E-state index in [-0.39, 0.29) is 18.3 Å². The fourth-order valence-electron chi connectivity index (χ4n) is 2.36. The molecule has 124 valence electrons. The van der Waals surface area contributed by atoms with Crippen LogP contribution in [0.2, 0.25) is 0 Å². The highest BCUT2D eigenvalue weighted by Gasteiger charge is 2.27. The number of aromatic nitrogens is 3. The lowest BCUT2D eigenvalue weighted by Crippen LogP contribution is -2.35. The van der Waals surface area contributed by atoms with Crippen molar-refractivity contribution in [3.63, 3.8) is 0 Å². The van der Waals surface area contributed by atoms with E-state index in [1.54, 1.807) is 0 Å². The molecule has 0 bridgehead atoms. The van der Waals surface area contributed by atoms with Crippen molar-refractivity contribution in [2.75, 3.05) is 5.32 Å². The van der Waals surface area contributed by atoms with Gasteiger partial charge < -0.3 is 11.1 Å². The van der Waals surface area contributed by atoms with Crippen LogP contribution in [-0.2, 0) is 4.79 Å². The van der Waals surface area contributed by atoms with Gasteiger partial charge in [-0.05, 0) is 31.4 Å². The van der Waals surface area contributed by atoms with Gasteiger partial charge in [-0.15, -0.1) is 12.4 Å². The molecule has 1 fully saturated rings. The molecule has 1 unspecified atom stereocenters. The lowest BCUT2D eigenvalue weighted by molar-refractivity contribution is -0.117. The third-order valence-electron chi connectivity index (χ3n) is 3.79. The number of H-pyrrole nitrogens is 1. The smallest absolute Gasteiger partial charge is 0.241 e. The second-order valence-electron chi connectivity index (χ2n) is 5.78. The van der Waals surface area contributed by atoms with Gasteiger partial charge in [0.2, 0.25) is 5.91 Å². The van der Waals surface area contributed by atoms with Gasteiger partial charge in [0.05, 0.1) is 6.04 Å². The van der Waals surface area contributed by atoms with E-state index in [1.807, 2.05) is 31.2 Å². The Bertz CT molecular complexity index is 668. The number of hydrogen-bond acceptors (Lipinski definition) is 4. The number of nitrogens with two attached hydrogens (primary N) is 1. The van der Waals surface area contributed by atoms with E-state index in [9.17, 15) is 4.79 Å². The van der Waals surface area contributed by atoms with Gasteiger partial charge in [0, 0.05) is 17.2 Å². The number of rotatable bonds is 6. The van der Waals surface area contributed by atoms with Crippen LogP contribution in [0.3, 0.4) is 0 Å². The third kappa shape index (κ3) is 4.30. The standard InChI is InChI=1S/C16H21N5O.ClH/c1-2-4-13(17)16(22)18-12-6-3-5-11(9-12)15-19-14(20-21-15)10-7-8-10;/h3,5-6,9-10,13H,2,4,7-8,17H2,1H3,(H,18,22)(H,19,20,21);1H. The average Bonchev–Trinajstić information content (AvgIpc) is 3.25. The van der Waals surface area contributed by atoms with Crippen molar-refractivity contribution in [2.45, 2.75) is 44.6 Å². The fourth-order valence-corrected chi connectivity index (χ4v) is 2.36. The Kier molecular flexibility index (Phi) is 5.74. The van der Waals surface area contributed by atoms with Crippen LogP contribution in [0.5, 0.6) is 0 Å². The van der Waals surface area contributed by atoms with E-state index >= 15 is 0 Å². The summed E-state index contributed by atoms with van der Waals surface area (Å²) in [6.07, 6.45) is 3.92. The molecule has 23 heavy (non-hydrogen) atoms. The molecule has 6 nitrogen and oxygen atoms in total. The van der Waals surface area contributed by atoms with E-state index < -0.39 is 6.04 Å². The number of amides is 1. The van der Waals surface area contributed by atoms with Gasteiger partial charge in [0.1, 0.15) is 5.82 Å². The van der Waals surface area contributed by atoms with Crippen molar-refractivity contribution in [2.24, 2.45) is 5.73 Å². The topological polar surface area (TPSA) is 96.7 Å². The monoisotopic (exact) mass is 335 g/mol. The van der Waals surface area contributed by atoms with Crippen LogP contribution in [0.25, 0.3) is 11.4 Å². The molecule has 0 aliphatic heterocycles. The maximum absolute atomic E-state index is 12.0. The second kappa shape index (κ2) is 7.57. The van der Waals surface area contributed by atoms with E-state index in [2.05, 4.69) is 20.5 Å². The van der Waals surface area contributed by atoms with Gasteiger partial charge in [-0.1, -0.05) is 25.5 Å². The maximum atomic E-state index is 12.0. The first kappa shape index (κ1) is 17.4. The Morgan fingerprint density at radius 3 is 2.96 bits per heavy atom. The predicted molar refractivity (Wildman–Crippen MR) is 92.6 cm³/mol.